The number of hydrogen-bond donors (Lipinski definition) is 0. The summed E-state index contributed by atoms with van der Waals surface area (Å²) in [5, 5.41) is 9.03. The van der Waals surface area contributed by atoms with Crippen LogP contribution < -0.4 is 4.74 Å². The van der Waals surface area contributed by atoms with Gasteiger partial charge in [-0.25, -0.2) is 9.50 Å². The summed E-state index contributed by atoms with van der Waals surface area (Å²) >= 11 is 6.21. The van der Waals surface area contributed by atoms with Gasteiger partial charge in [0, 0.05) is 11.8 Å². The number of fused-ring (bicyclic) bond motifs is 1. The minimum atomic E-state index is 0. The zero-order valence-corrected chi connectivity index (χ0v) is 14.9. The summed E-state index contributed by atoms with van der Waals surface area (Å²) in [7, 11) is 1.66. The molecule has 3 heterocycles. The fourth-order valence-corrected chi connectivity index (χ4v) is 2.77. The standard InChI is InChI=1S/C17H14ClN5O.ClH/c1-24-14-4-2-12(3-5-14)9-22-10-13(8-20-22)15-11-23-16(6-7-19-23)17(18)21-15;/h2-8,10-11H,9H2,1H3;1H. The van der Waals surface area contributed by atoms with E-state index in [-0.39, 0.29) is 12.4 Å². The molecule has 6 nitrogen and oxygen atoms in total. The quantitative estimate of drug-likeness (QED) is 0.545. The van der Waals surface area contributed by atoms with Crippen molar-refractivity contribution in [2.24, 2.45) is 0 Å². The molecule has 0 amide bonds. The zero-order chi connectivity index (χ0) is 16.5. The van der Waals surface area contributed by atoms with Gasteiger partial charge in [0.1, 0.15) is 11.3 Å². The van der Waals surface area contributed by atoms with Gasteiger partial charge in [0.25, 0.3) is 0 Å². The van der Waals surface area contributed by atoms with E-state index in [0.29, 0.717) is 11.7 Å². The molecular formula is C17H15Cl2N5O. The summed E-state index contributed by atoms with van der Waals surface area (Å²) in [6.45, 7) is 0.668. The van der Waals surface area contributed by atoms with Crippen LogP contribution in [-0.2, 0) is 6.54 Å². The van der Waals surface area contributed by atoms with E-state index in [9.17, 15) is 0 Å². The molecule has 0 saturated carbocycles. The molecule has 0 radical (unpaired) electrons. The molecule has 0 unspecified atom stereocenters. The van der Waals surface area contributed by atoms with Crippen LogP contribution >= 0.6 is 24.0 Å². The van der Waals surface area contributed by atoms with Gasteiger partial charge < -0.3 is 4.74 Å². The van der Waals surface area contributed by atoms with Crippen LogP contribution in [0.4, 0.5) is 0 Å². The van der Waals surface area contributed by atoms with Crippen LogP contribution in [0.3, 0.4) is 0 Å². The van der Waals surface area contributed by atoms with Crippen molar-refractivity contribution in [1.82, 2.24) is 24.4 Å². The average Bonchev–Trinajstić information content (AvgIpc) is 3.25. The molecule has 0 N–H and O–H groups in total. The fourth-order valence-electron chi connectivity index (χ4n) is 2.53. The van der Waals surface area contributed by atoms with E-state index in [2.05, 4.69) is 15.2 Å². The Morgan fingerprint density at radius 1 is 1.08 bits per heavy atom. The number of nitrogens with zero attached hydrogens (tertiary/aromatic N) is 5. The number of rotatable bonds is 4. The molecule has 0 saturated heterocycles. The maximum Gasteiger partial charge on any atom is 0.155 e. The van der Waals surface area contributed by atoms with E-state index in [1.165, 1.54) is 0 Å². The lowest BCUT2D eigenvalue weighted by Gasteiger charge is -2.04. The van der Waals surface area contributed by atoms with Crippen molar-refractivity contribution in [3.05, 3.63) is 65.8 Å². The molecule has 4 aromatic rings. The largest absolute Gasteiger partial charge is 0.497 e. The number of ether oxygens (including phenoxy) is 1. The van der Waals surface area contributed by atoms with Crippen LogP contribution in [0.5, 0.6) is 5.75 Å². The summed E-state index contributed by atoms with van der Waals surface area (Å²) < 4.78 is 8.74. The first-order valence-corrected chi connectivity index (χ1v) is 7.76. The van der Waals surface area contributed by atoms with Gasteiger partial charge in [0.2, 0.25) is 0 Å². The topological polar surface area (TPSA) is 57.2 Å². The first-order chi connectivity index (χ1) is 11.7. The van der Waals surface area contributed by atoms with Crippen molar-refractivity contribution in [2.45, 2.75) is 6.54 Å². The van der Waals surface area contributed by atoms with Gasteiger partial charge in [-0.1, -0.05) is 23.7 Å². The van der Waals surface area contributed by atoms with E-state index in [4.69, 9.17) is 16.3 Å². The molecule has 0 aliphatic heterocycles. The minimum absolute atomic E-state index is 0. The summed E-state index contributed by atoms with van der Waals surface area (Å²) in [5.74, 6) is 0.839. The van der Waals surface area contributed by atoms with Gasteiger partial charge in [-0.2, -0.15) is 10.2 Å². The minimum Gasteiger partial charge on any atom is -0.497 e. The highest BCUT2D eigenvalue weighted by Crippen LogP contribution is 2.22. The van der Waals surface area contributed by atoms with E-state index < -0.39 is 0 Å². The highest BCUT2D eigenvalue weighted by Gasteiger charge is 2.09. The SMILES string of the molecule is COc1ccc(Cn2cc(-c3cn4nccc4c(Cl)n3)cn2)cc1.Cl. The van der Waals surface area contributed by atoms with Gasteiger partial charge in [-0.15, -0.1) is 12.4 Å². The first-order valence-electron chi connectivity index (χ1n) is 7.38. The van der Waals surface area contributed by atoms with Gasteiger partial charge in [0.15, 0.2) is 5.15 Å². The monoisotopic (exact) mass is 375 g/mol. The lowest BCUT2D eigenvalue weighted by Crippen LogP contribution is -1.99. The van der Waals surface area contributed by atoms with Crippen molar-refractivity contribution >= 4 is 29.5 Å². The second kappa shape index (κ2) is 7.13. The second-order valence-electron chi connectivity index (χ2n) is 5.35. The van der Waals surface area contributed by atoms with Crippen molar-refractivity contribution in [2.75, 3.05) is 7.11 Å². The highest BCUT2D eigenvalue weighted by molar-refractivity contribution is 6.32. The van der Waals surface area contributed by atoms with Gasteiger partial charge in [0.05, 0.1) is 37.9 Å². The van der Waals surface area contributed by atoms with Crippen LogP contribution in [0.25, 0.3) is 16.8 Å². The van der Waals surface area contributed by atoms with Crippen molar-refractivity contribution < 1.29 is 4.74 Å². The molecule has 25 heavy (non-hydrogen) atoms. The second-order valence-corrected chi connectivity index (χ2v) is 5.71. The van der Waals surface area contributed by atoms with Crippen LogP contribution in [0.2, 0.25) is 5.15 Å². The number of benzene rings is 1. The van der Waals surface area contributed by atoms with Crippen molar-refractivity contribution in [1.29, 1.82) is 0 Å². The average molecular weight is 376 g/mol. The Hall–Kier alpha value is -2.57. The molecule has 0 atom stereocenters. The Morgan fingerprint density at radius 3 is 2.64 bits per heavy atom. The Labute approximate surface area is 155 Å². The van der Waals surface area contributed by atoms with Crippen molar-refractivity contribution in [3.63, 3.8) is 0 Å². The number of aromatic nitrogens is 5. The summed E-state index contributed by atoms with van der Waals surface area (Å²) in [4.78, 5) is 4.42. The van der Waals surface area contributed by atoms with Gasteiger partial charge in [-0.05, 0) is 23.8 Å². The molecule has 1 aromatic carbocycles. The highest BCUT2D eigenvalue weighted by atomic mass is 35.5. The molecule has 0 aliphatic carbocycles. The molecular weight excluding hydrogens is 361 g/mol. The molecule has 3 aromatic heterocycles. The third-order valence-electron chi connectivity index (χ3n) is 3.78. The maximum atomic E-state index is 6.21. The number of methoxy groups -OCH3 is 1. The van der Waals surface area contributed by atoms with Crippen molar-refractivity contribution in [3.8, 4) is 17.0 Å². The summed E-state index contributed by atoms with van der Waals surface area (Å²) in [5.41, 5.74) is 3.55. The van der Waals surface area contributed by atoms with Gasteiger partial charge in [-0.3, -0.25) is 4.68 Å². The van der Waals surface area contributed by atoms with Crippen LogP contribution in [-0.4, -0.2) is 31.5 Å². The lowest BCUT2D eigenvalue weighted by atomic mass is 10.2. The Kier molecular flexibility index (Phi) is 4.92. The Bertz CT molecular complexity index is 994. The van der Waals surface area contributed by atoms with Crippen LogP contribution in [0.1, 0.15) is 5.56 Å². The molecule has 128 valence electrons. The molecule has 0 aliphatic rings. The molecule has 8 heteroatoms. The molecule has 4 rings (SSSR count). The summed E-state index contributed by atoms with van der Waals surface area (Å²) in [6.07, 6.45) is 7.26. The lowest BCUT2D eigenvalue weighted by molar-refractivity contribution is 0.414. The third kappa shape index (κ3) is 3.45. The molecule has 0 fully saturated rings. The maximum absolute atomic E-state index is 6.21. The normalized spacial score (nSPS) is 10.6. The summed E-state index contributed by atoms with van der Waals surface area (Å²) in [6, 6.07) is 9.74. The van der Waals surface area contributed by atoms with Crippen LogP contribution in [0.15, 0.2) is 55.1 Å². The fraction of sp³-hybridized carbons (Fsp3) is 0.118. The predicted molar refractivity (Wildman–Crippen MR) is 98.6 cm³/mol. The number of hydrogen-bond acceptors (Lipinski definition) is 4. The third-order valence-corrected chi connectivity index (χ3v) is 4.06. The number of halogens is 2. The van der Waals surface area contributed by atoms with E-state index in [0.717, 1.165) is 28.1 Å². The smallest absolute Gasteiger partial charge is 0.155 e. The van der Waals surface area contributed by atoms with E-state index in [1.54, 1.807) is 24.0 Å². The van der Waals surface area contributed by atoms with E-state index in [1.807, 2.05) is 47.4 Å². The van der Waals surface area contributed by atoms with E-state index >= 15 is 0 Å². The van der Waals surface area contributed by atoms with Gasteiger partial charge >= 0.3 is 0 Å². The Balaban J connectivity index is 0.00000182. The zero-order valence-electron chi connectivity index (χ0n) is 13.3. The van der Waals surface area contributed by atoms with Crippen LogP contribution in [0, 0.1) is 0 Å². The molecule has 0 bridgehead atoms. The Morgan fingerprint density at radius 2 is 1.88 bits per heavy atom. The predicted octanol–water partition coefficient (Wildman–Crippen LogP) is 3.72. The molecule has 0 spiro atoms. The first kappa shape index (κ1) is 17.3.